The van der Waals surface area contributed by atoms with Gasteiger partial charge in [0.1, 0.15) is 6.04 Å². The minimum Gasteiger partial charge on any atom is -0.337 e. The van der Waals surface area contributed by atoms with E-state index in [1.807, 2.05) is 17.5 Å². The van der Waals surface area contributed by atoms with Crippen LogP contribution in [0.5, 0.6) is 0 Å². The van der Waals surface area contributed by atoms with Gasteiger partial charge in [0.05, 0.1) is 0 Å². The van der Waals surface area contributed by atoms with Crippen molar-refractivity contribution in [2.75, 3.05) is 0 Å². The Hall–Kier alpha value is -1.98. The minimum atomic E-state index is -0.331. The van der Waals surface area contributed by atoms with Crippen LogP contribution in [0.25, 0.3) is 0 Å². The average molecular weight is 297 g/mol. The molecule has 2 unspecified atom stereocenters. The number of nitrogens with two attached hydrogens (primary N) is 1. The summed E-state index contributed by atoms with van der Waals surface area (Å²) in [6, 6.07) is 12.1. The van der Waals surface area contributed by atoms with Crippen LogP contribution in [-0.2, 0) is 6.42 Å². The van der Waals surface area contributed by atoms with E-state index in [1.54, 1.807) is 11.3 Å². The molecule has 1 aliphatic rings. The van der Waals surface area contributed by atoms with Crippen molar-refractivity contribution in [1.29, 1.82) is 0 Å². The Morgan fingerprint density at radius 3 is 3.00 bits per heavy atom. The van der Waals surface area contributed by atoms with Crippen LogP contribution in [0.4, 0.5) is 0 Å². The SMILES string of the molecule is NC(c1nc(C2CCc3ccccc32)no1)c1cccs1. The van der Waals surface area contributed by atoms with E-state index < -0.39 is 0 Å². The number of thiophene rings is 1. The summed E-state index contributed by atoms with van der Waals surface area (Å²) >= 11 is 1.60. The van der Waals surface area contributed by atoms with Crippen LogP contribution in [0.1, 0.15) is 46.1 Å². The van der Waals surface area contributed by atoms with Crippen molar-refractivity contribution in [2.24, 2.45) is 5.73 Å². The number of rotatable bonds is 3. The van der Waals surface area contributed by atoms with Gasteiger partial charge in [-0.25, -0.2) is 0 Å². The highest BCUT2D eigenvalue weighted by atomic mass is 32.1. The van der Waals surface area contributed by atoms with Gasteiger partial charge in [0.25, 0.3) is 0 Å². The highest BCUT2D eigenvalue weighted by Gasteiger charge is 2.28. The molecule has 0 saturated carbocycles. The molecule has 21 heavy (non-hydrogen) atoms. The molecule has 2 aromatic heterocycles. The lowest BCUT2D eigenvalue weighted by molar-refractivity contribution is 0.362. The molecule has 2 atom stereocenters. The van der Waals surface area contributed by atoms with E-state index in [0.717, 1.165) is 23.5 Å². The quantitative estimate of drug-likeness (QED) is 0.806. The van der Waals surface area contributed by atoms with Gasteiger partial charge in [-0.3, -0.25) is 0 Å². The Morgan fingerprint density at radius 1 is 1.24 bits per heavy atom. The molecule has 0 amide bonds. The van der Waals surface area contributed by atoms with Crippen LogP contribution in [-0.4, -0.2) is 10.1 Å². The first-order chi connectivity index (χ1) is 10.3. The van der Waals surface area contributed by atoms with E-state index in [4.69, 9.17) is 10.3 Å². The molecule has 2 heterocycles. The molecule has 0 saturated heterocycles. The molecule has 3 aromatic rings. The zero-order valence-corrected chi connectivity index (χ0v) is 12.2. The Labute approximate surface area is 126 Å². The van der Waals surface area contributed by atoms with E-state index in [1.165, 1.54) is 11.1 Å². The lowest BCUT2D eigenvalue weighted by Gasteiger charge is -2.06. The molecule has 0 bridgehead atoms. The third kappa shape index (κ3) is 2.18. The second-order valence-electron chi connectivity index (χ2n) is 5.27. The lowest BCUT2D eigenvalue weighted by atomic mass is 10.0. The zero-order chi connectivity index (χ0) is 14.2. The Kier molecular flexibility index (Phi) is 3.09. The molecule has 5 heteroatoms. The van der Waals surface area contributed by atoms with Crippen molar-refractivity contribution >= 4 is 11.3 Å². The minimum absolute atomic E-state index is 0.231. The number of nitrogens with zero attached hydrogens (tertiary/aromatic N) is 2. The van der Waals surface area contributed by atoms with E-state index in [-0.39, 0.29) is 12.0 Å². The largest absolute Gasteiger partial charge is 0.337 e. The standard InChI is InChI=1S/C16H15N3OS/c17-14(13-6-3-9-21-13)16-18-15(19-20-16)12-8-7-10-4-1-2-5-11(10)12/h1-6,9,12,14H,7-8,17H2. The van der Waals surface area contributed by atoms with Crippen LogP contribution in [0.3, 0.4) is 0 Å². The van der Waals surface area contributed by atoms with Crippen LogP contribution in [0, 0.1) is 0 Å². The highest BCUT2D eigenvalue weighted by Crippen LogP contribution is 2.37. The van der Waals surface area contributed by atoms with Gasteiger partial charge in [-0.2, -0.15) is 4.98 Å². The van der Waals surface area contributed by atoms with Crippen LogP contribution in [0.15, 0.2) is 46.3 Å². The topological polar surface area (TPSA) is 64.9 Å². The van der Waals surface area contributed by atoms with E-state index in [9.17, 15) is 0 Å². The molecule has 0 radical (unpaired) electrons. The van der Waals surface area contributed by atoms with Gasteiger partial charge in [0.15, 0.2) is 5.82 Å². The maximum absolute atomic E-state index is 6.18. The number of aromatic nitrogens is 2. The van der Waals surface area contributed by atoms with Crippen molar-refractivity contribution in [3.63, 3.8) is 0 Å². The Balaban J connectivity index is 1.64. The number of hydrogen-bond donors (Lipinski definition) is 1. The van der Waals surface area contributed by atoms with Crippen molar-refractivity contribution in [3.8, 4) is 0 Å². The van der Waals surface area contributed by atoms with Crippen LogP contribution >= 0.6 is 11.3 Å². The summed E-state index contributed by atoms with van der Waals surface area (Å²) in [6.07, 6.45) is 2.11. The predicted molar refractivity (Wildman–Crippen MR) is 81.3 cm³/mol. The average Bonchev–Trinajstić information content (AvgIpc) is 3.25. The van der Waals surface area contributed by atoms with Gasteiger partial charge < -0.3 is 10.3 Å². The zero-order valence-electron chi connectivity index (χ0n) is 11.4. The fourth-order valence-corrected chi connectivity index (χ4v) is 3.65. The monoisotopic (exact) mass is 297 g/mol. The third-order valence-corrected chi connectivity index (χ3v) is 4.97. The van der Waals surface area contributed by atoms with Gasteiger partial charge in [0, 0.05) is 10.8 Å². The van der Waals surface area contributed by atoms with Gasteiger partial charge >= 0.3 is 0 Å². The smallest absolute Gasteiger partial charge is 0.249 e. The molecular formula is C16H15N3OS. The maximum atomic E-state index is 6.18. The molecule has 1 aromatic carbocycles. The first-order valence-electron chi connectivity index (χ1n) is 7.03. The number of fused-ring (bicyclic) bond motifs is 1. The first-order valence-corrected chi connectivity index (χ1v) is 7.91. The summed E-state index contributed by atoms with van der Waals surface area (Å²) in [7, 11) is 0. The number of benzene rings is 1. The van der Waals surface area contributed by atoms with Crippen LogP contribution < -0.4 is 5.73 Å². The van der Waals surface area contributed by atoms with E-state index in [2.05, 4.69) is 34.4 Å². The highest BCUT2D eigenvalue weighted by molar-refractivity contribution is 7.10. The molecule has 4 rings (SSSR count). The molecule has 0 spiro atoms. The van der Waals surface area contributed by atoms with Crippen molar-refractivity contribution in [3.05, 3.63) is 69.5 Å². The van der Waals surface area contributed by atoms with E-state index >= 15 is 0 Å². The molecule has 0 aliphatic heterocycles. The summed E-state index contributed by atoms with van der Waals surface area (Å²) in [5.74, 6) is 1.48. The van der Waals surface area contributed by atoms with Crippen molar-refractivity contribution in [1.82, 2.24) is 10.1 Å². The summed E-state index contributed by atoms with van der Waals surface area (Å²) in [5, 5.41) is 6.17. The number of aryl methyl sites for hydroxylation is 1. The first kappa shape index (κ1) is 12.7. The summed E-state index contributed by atoms with van der Waals surface area (Å²) in [4.78, 5) is 5.59. The van der Waals surface area contributed by atoms with Gasteiger partial charge in [-0.05, 0) is 35.4 Å². The molecular weight excluding hydrogens is 282 g/mol. The second kappa shape index (κ2) is 5.09. The molecule has 0 fully saturated rings. The fraction of sp³-hybridized carbons (Fsp3) is 0.250. The van der Waals surface area contributed by atoms with Gasteiger partial charge in [-0.15, -0.1) is 11.3 Å². The van der Waals surface area contributed by atoms with Gasteiger partial charge in [0.2, 0.25) is 5.89 Å². The van der Waals surface area contributed by atoms with Gasteiger partial charge in [-0.1, -0.05) is 35.5 Å². The van der Waals surface area contributed by atoms with Crippen molar-refractivity contribution in [2.45, 2.75) is 24.8 Å². The summed E-state index contributed by atoms with van der Waals surface area (Å²) in [6.45, 7) is 0. The number of hydrogen-bond acceptors (Lipinski definition) is 5. The molecule has 2 N–H and O–H groups in total. The second-order valence-corrected chi connectivity index (χ2v) is 6.25. The molecule has 1 aliphatic carbocycles. The van der Waals surface area contributed by atoms with Crippen LogP contribution in [0.2, 0.25) is 0 Å². The third-order valence-electron chi connectivity index (χ3n) is 4.02. The normalized spacial score (nSPS) is 18.6. The summed E-state index contributed by atoms with van der Waals surface area (Å²) < 4.78 is 5.40. The summed E-state index contributed by atoms with van der Waals surface area (Å²) in [5.41, 5.74) is 8.88. The lowest BCUT2D eigenvalue weighted by Crippen LogP contribution is -2.11. The van der Waals surface area contributed by atoms with Crippen molar-refractivity contribution < 1.29 is 4.52 Å². The Bertz CT molecular complexity index is 750. The Morgan fingerprint density at radius 2 is 2.14 bits per heavy atom. The molecule has 4 nitrogen and oxygen atoms in total. The molecule has 106 valence electrons. The van der Waals surface area contributed by atoms with E-state index in [0.29, 0.717) is 5.89 Å². The maximum Gasteiger partial charge on any atom is 0.249 e. The predicted octanol–water partition coefficient (Wildman–Crippen LogP) is 3.26. The fourth-order valence-electron chi connectivity index (χ4n) is 2.93.